The lowest BCUT2D eigenvalue weighted by Gasteiger charge is -2.27. The van der Waals surface area contributed by atoms with Crippen molar-refractivity contribution >= 4 is 5.91 Å². The van der Waals surface area contributed by atoms with Gasteiger partial charge in [-0.1, -0.05) is 0 Å². The number of rotatable bonds is 5. The van der Waals surface area contributed by atoms with E-state index in [1.54, 1.807) is 7.05 Å². The second kappa shape index (κ2) is 5.47. The van der Waals surface area contributed by atoms with Gasteiger partial charge in [0.15, 0.2) is 0 Å². The number of carbonyl (C=O) groups excluding carboxylic acids is 1. The summed E-state index contributed by atoms with van der Waals surface area (Å²) in [6.07, 6.45) is -1.05. The Bertz CT molecular complexity index is 479. The second-order valence-electron chi connectivity index (χ2n) is 5.19. The lowest BCUT2D eigenvalue weighted by atomic mass is 10.1. The van der Waals surface area contributed by atoms with Crippen LogP contribution in [0.1, 0.15) is 23.3 Å². The molecule has 1 atom stereocenters. The summed E-state index contributed by atoms with van der Waals surface area (Å²) in [7, 11) is 1.60. The van der Waals surface area contributed by atoms with Gasteiger partial charge in [0.1, 0.15) is 12.2 Å². The highest BCUT2D eigenvalue weighted by Gasteiger charge is 2.36. The Morgan fingerprint density at radius 1 is 1.55 bits per heavy atom. The highest BCUT2D eigenvalue weighted by Crippen LogP contribution is 2.35. The number of likely N-dealkylation sites (N-methyl/N-ethyl adjacent to an activating group) is 1. The minimum absolute atomic E-state index is 0.0453. The number of aromatic nitrogens is 1. The first-order valence-corrected chi connectivity index (χ1v) is 6.52. The first kappa shape index (κ1) is 14.9. The summed E-state index contributed by atoms with van der Waals surface area (Å²) in [6.45, 7) is -0.835. The van der Waals surface area contributed by atoms with Gasteiger partial charge in [0.05, 0.1) is 0 Å². The summed E-state index contributed by atoms with van der Waals surface area (Å²) in [5.41, 5.74) is 5.71. The van der Waals surface area contributed by atoms with E-state index in [1.165, 1.54) is 23.2 Å². The first-order valence-electron chi connectivity index (χ1n) is 6.52. The van der Waals surface area contributed by atoms with Crippen LogP contribution in [0.15, 0.2) is 18.3 Å². The number of hydrogen-bond acceptors (Lipinski definition) is 2. The third-order valence-corrected chi connectivity index (χ3v) is 3.62. The molecule has 1 aliphatic rings. The van der Waals surface area contributed by atoms with Crippen LogP contribution in [-0.2, 0) is 6.54 Å². The number of amides is 1. The highest BCUT2D eigenvalue weighted by atomic mass is 19.4. The van der Waals surface area contributed by atoms with Gasteiger partial charge < -0.3 is 15.2 Å². The normalized spacial score (nSPS) is 17.1. The van der Waals surface area contributed by atoms with Gasteiger partial charge >= 0.3 is 6.18 Å². The van der Waals surface area contributed by atoms with Gasteiger partial charge in [-0.3, -0.25) is 4.79 Å². The van der Waals surface area contributed by atoms with Crippen molar-refractivity contribution in [3.63, 3.8) is 0 Å². The molecule has 1 fully saturated rings. The minimum atomic E-state index is -4.35. The molecule has 1 heterocycles. The van der Waals surface area contributed by atoms with Crippen molar-refractivity contribution in [3.8, 4) is 0 Å². The summed E-state index contributed by atoms with van der Waals surface area (Å²) in [5.74, 6) is -0.0402. The van der Waals surface area contributed by atoms with Crippen LogP contribution in [0.4, 0.5) is 13.2 Å². The molecule has 1 unspecified atom stereocenters. The van der Waals surface area contributed by atoms with Crippen molar-refractivity contribution in [2.75, 3.05) is 13.6 Å². The Hall–Kier alpha value is -1.50. The maximum Gasteiger partial charge on any atom is 0.406 e. The van der Waals surface area contributed by atoms with Gasteiger partial charge in [0.2, 0.25) is 0 Å². The molecule has 7 heteroatoms. The SMILES string of the molecule is CN(C(=O)c1cccn1CC(F)(F)F)C(CN)C1CC1. The van der Waals surface area contributed by atoms with Crippen molar-refractivity contribution < 1.29 is 18.0 Å². The molecule has 1 aromatic heterocycles. The zero-order valence-corrected chi connectivity index (χ0v) is 11.2. The monoisotopic (exact) mass is 289 g/mol. The molecule has 0 bridgehead atoms. The zero-order valence-electron chi connectivity index (χ0n) is 11.2. The van der Waals surface area contributed by atoms with Crippen LogP contribution in [0, 0.1) is 5.92 Å². The lowest BCUT2D eigenvalue weighted by molar-refractivity contribution is -0.140. The number of alkyl halides is 3. The predicted molar refractivity (Wildman–Crippen MR) is 68.1 cm³/mol. The predicted octanol–water partition coefficient (Wildman–Crippen LogP) is 1.86. The molecule has 1 saturated carbocycles. The van der Waals surface area contributed by atoms with Gasteiger partial charge in [0.25, 0.3) is 5.91 Å². The van der Waals surface area contributed by atoms with Crippen LogP contribution in [-0.4, -0.2) is 41.2 Å². The summed E-state index contributed by atoms with van der Waals surface area (Å²) >= 11 is 0. The molecule has 0 radical (unpaired) electrons. The molecule has 1 aromatic rings. The van der Waals surface area contributed by atoms with Crippen molar-refractivity contribution in [1.82, 2.24) is 9.47 Å². The third kappa shape index (κ3) is 3.33. The summed E-state index contributed by atoms with van der Waals surface area (Å²) in [4.78, 5) is 13.8. The molecule has 0 aliphatic heterocycles. The van der Waals surface area contributed by atoms with Crippen molar-refractivity contribution in [1.29, 1.82) is 0 Å². The summed E-state index contributed by atoms with van der Waals surface area (Å²) < 4.78 is 38.3. The Labute approximate surface area is 115 Å². The average molecular weight is 289 g/mol. The van der Waals surface area contributed by atoms with E-state index in [0.717, 1.165) is 17.4 Å². The highest BCUT2D eigenvalue weighted by molar-refractivity contribution is 5.92. The Balaban J connectivity index is 2.14. The van der Waals surface area contributed by atoms with Crippen molar-refractivity contribution in [2.45, 2.75) is 31.6 Å². The van der Waals surface area contributed by atoms with E-state index in [0.29, 0.717) is 12.5 Å². The van der Waals surface area contributed by atoms with Gasteiger partial charge in [-0.05, 0) is 30.9 Å². The number of nitrogens with zero attached hydrogens (tertiary/aromatic N) is 2. The lowest BCUT2D eigenvalue weighted by Crippen LogP contribution is -2.44. The van der Waals surface area contributed by atoms with E-state index in [9.17, 15) is 18.0 Å². The molecular formula is C13H18F3N3O. The number of halogens is 3. The van der Waals surface area contributed by atoms with Gasteiger partial charge in [0, 0.05) is 25.8 Å². The molecule has 0 aromatic carbocycles. The maximum absolute atomic E-state index is 12.5. The molecule has 112 valence electrons. The number of hydrogen-bond donors (Lipinski definition) is 1. The van der Waals surface area contributed by atoms with E-state index >= 15 is 0 Å². The van der Waals surface area contributed by atoms with Gasteiger partial charge in [-0.25, -0.2) is 0 Å². The average Bonchev–Trinajstić information content (AvgIpc) is 3.08. The Morgan fingerprint density at radius 2 is 2.20 bits per heavy atom. The molecule has 0 spiro atoms. The first-order chi connectivity index (χ1) is 9.33. The van der Waals surface area contributed by atoms with E-state index in [1.807, 2.05) is 0 Å². The fourth-order valence-electron chi connectivity index (χ4n) is 2.42. The van der Waals surface area contributed by atoms with Gasteiger partial charge in [-0.2, -0.15) is 13.2 Å². The molecule has 4 nitrogen and oxygen atoms in total. The van der Waals surface area contributed by atoms with Crippen LogP contribution in [0.2, 0.25) is 0 Å². The van der Waals surface area contributed by atoms with Crippen LogP contribution in [0.5, 0.6) is 0 Å². The Morgan fingerprint density at radius 3 is 2.70 bits per heavy atom. The molecule has 2 N–H and O–H groups in total. The Kier molecular flexibility index (Phi) is 4.08. The number of nitrogens with two attached hydrogens (primary N) is 1. The number of carbonyl (C=O) groups is 1. The van der Waals surface area contributed by atoms with Crippen LogP contribution in [0.25, 0.3) is 0 Å². The molecule has 0 saturated heterocycles. The van der Waals surface area contributed by atoms with E-state index in [-0.39, 0.29) is 11.7 Å². The molecule has 2 rings (SSSR count). The van der Waals surface area contributed by atoms with Crippen LogP contribution >= 0.6 is 0 Å². The minimum Gasteiger partial charge on any atom is -0.336 e. The quantitative estimate of drug-likeness (QED) is 0.899. The maximum atomic E-state index is 12.5. The van der Waals surface area contributed by atoms with Crippen LogP contribution in [0.3, 0.4) is 0 Å². The van der Waals surface area contributed by atoms with Gasteiger partial charge in [-0.15, -0.1) is 0 Å². The summed E-state index contributed by atoms with van der Waals surface area (Å²) in [5, 5.41) is 0. The van der Waals surface area contributed by atoms with Crippen molar-refractivity contribution in [2.24, 2.45) is 11.7 Å². The fourth-order valence-corrected chi connectivity index (χ4v) is 2.42. The smallest absolute Gasteiger partial charge is 0.336 e. The summed E-state index contributed by atoms with van der Waals surface area (Å²) in [6, 6.07) is 2.75. The largest absolute Gasteiger partial charge is 0.406 e. The third-order valence-electron chi connectivity index (χ3n) is 3.62. The van der Waals surface area contributed by atoms with E-state index < -0.39 is 18.6 Å². The van der Waals surface area contributed by atoms with E-state index in [2.05, 4.69) is 0 Å². The zero-order chi connectivity index (χ0) is 14.9. The fraction of sp³-hybridized carbons (Fsp3) is 0.615. The molecule has 1 amide bonds. The van der Waals surface area contributed by atoms with Crippen molar-refractivity contribution in [3.05, 3.63) is 24.0 Å². The second-order valence-corrected chi connectivity index (χ2v) is 5.19. The molecule has 20 heavy (non-hydrogen) atoms. The van der Waals surface area contributed by atoms with E-state index in [4.69, 9.17) is 5.73 Å². The molecule has 1 aliphatic carbocycles. The standard InChI is InChI=1S/C13H18F3N3O/c1-18(11(7-17)9-4-5-9)12(20)10-3-2-6-19(10)8-13(14,15)16/h2-3,6,9,11H,4-5,7-8,17H2,1H3. The topological polar surface area (TPSA) is 51.3 Å². The van der Waals surface area contributed by atoms with Crippen LogP contribution < -0.4 is 5.73 Å². The molecular weight excluding hydrogens is 271 g/mol.